The predicted molar refractivity (Wildman–Crippen MR) is 108 cm³/mol. The van der Waals surface area contributed by atoms with Crippen LogP contribution in [0.5, 0.6) is 0 Å². The van der Waals surface area contributed by atoms with Gasteiger partial charge >= 0.3 is 12.7 Å². The molecule has 0 aliphatic rings. The van der Waals surface area contributed by atoms with Gasteiger partial charge in [-0.15, -0.1) is 11.6 Å². The van der Waals surface area contributed by atoms with Crippen molar-refractivity contribution in [3.8, 4) is 0 Å². The van der Waals surface area contributed by atoms with Crippen molar-refractivity contribution >= 4 is 35.6 Å². The van der Waals surface area contributed by atoms with E-state index in [0.29, 0.717) is 10.8 Å². The predicted octanol–water partition coefficient (Wildman–Crippen LogP) is 5.16. The Morgan fingerprint density at radius 2 is 1.81 bits per heavy atom. The van der Waals surface area contributed by atoms with Crippen LogP contribution in [0.2, 0.25) is 0 Å². The number of hydrogen-bond donors (Lipinski definition) is 2. The number of nitrogens with zero attached hydrogens (tertiary/aromatic N) is 1. The number of halogens is 1. The maximum atomic E-state index is 13.4. The minimum atomic E-state index is -3.40. The molecule has 3 atom stereocenters. The molecule has 0 saturated carbocycles. The summed E-state index contributed by atoms with van der Waals surface area (Å²) < 4.78 is 19.2. The van der Waals surface area contributed by atoms with Crippen LogP contribution in [-0.4, -0.2) is 22.9 Å². The van der Waals surface area contributed by atoms with Gasteiger partial charge in [0.2, 0.25) is 0 Å². The highest BCUT2D eigenvalue weighted by molar-refractivity contribution is 7.54. The van der Waals surface area contributed by atoms with E-state index in [4.69, 9.17) is 16.1 Å². The molecule has 150 valence electrons. The van der Waals surface area contributed by atoms with Crippen molar-refractivity contribution in [3.63, 3.8) is 0 Å². The van der Waals surface area contributed by atoms with Crippen molar-refractivity contribution < 1.29 is 14.0 Å². The van der Waals surface area contributed by atoms with Crippen molar-refractivity contribution in [1.82, 2.24) is 10.2 Å². The van der Waals surface area contributed by atoms with Crippen LogP contribution < -0.4 is 10.2 Å². The first kappa shape index (κ1) is 23.5. The standard InChI is InChI=1S/C16H29ClN3O4PS/c1-6-14(11(2)3)18-25(23,19-15(9-17)12(4)5)24-10-13-7-8-16(26-13)20(21)22/h7-8,11-12,14-15H,6,9-10H2,1-5H3,(H2,18,19,23)/t14-,15-,25?/m0/s1. The summed E-state index contributed by atoms with van der Waals surface area (Å²) >= 11 is 7.03. The van der Waals surface area contributed by atoms with E-state index in [-0.39, 0.29) is 35.5 Å². The van der Waals surface area contributed by atoms with Gasteiger partial charge in [0.1, 0.15) is 0 Å². The summed E-state index contributed by atoms with van der Waals surface area (Å²) in [7, 11) is -3.40. The van der Waals surface area contributed by atoms with Crippen LogP contribution >= 0.6 is 30.6 Å². The van der Waals surface area contributed by atoms with E-state index < -0.39 is 12.6 Å². The first-order valence-electron chi connectivity index (χ1n) is 8.71. The van der Waals surface area contributed by atoms with Crippen molar-refractivity contribution in [2.45, 2.75) is 59.7 Å². The fourth-order valence-corrected chi connectivity index (χ4v) is 5.97. The van der Waals surface area contributed by atoms with Gasteiger partial charge in [0.25, 0.3) is 0 Å². The Morgan fingerprint density at radius 3 is 2.23 bits per heavy atom. The van der Waals surface area contributed by atoms with Gasteiger partial charge < -0.3 is 4.52 Å². The summed E-state index contributed by atoms with van der Waals surface area (Å²) in [6.07, 6.45) is 0.796. The fourth-order valence-electron chi connectivity index (χ4n) is 2.32. The van der Waals surface area contributed by atoms with Crippen molar-refractivity contribution in [2.24, 2.45) is 11.8 Å². The second-order valence-electron chi connectivity index (χ2n) is 6.84. The average Bonchev–Trinajstić information content (AvgIpc) is 3.05. The molecule has 0 saturated heterocycles. The lowest BCUT2D eigenvalue weighted by molar-refractivity contribution is -0.380. The fraction of sp³-hybridized carbons (Fsp3) is 0.750. The normalized spacial score (nSPS) is 16.6. The smallest absolute Gasteiger partial charge is 0.300 e. The van der Waals surface area contributed by atoms with Gasteiger partial charge in [-0.2, -0.15) is 0 Å². The topological polar surface area (TPSA) is 93.5 Å². The van der Waals surface area contributed by atoms with E-state index in [2.05, 4.69) is 24.0 Å². The molecule has 0 aliphatic heterocycles. The quantitative estimate of drug-likeness (QED) is 0.208. The summed E-state index contributed by atoms with van der Waals surface area (Å²) in [6, 6.07) is 2.87. The van der Waals surface area contributed by atoms with Crippen molar-refractivity contribution in [1.29, 1.82) is 0 Å². The molecule has 1 rings (SSSR count). The number of hydrogen-bond acceptors (Lipinski definition) is 5. The molecular weight excluding hydrogens is 397 g/mol. The molecule has 1 unspecified atom stereocenters. The molecule has 0 fully saturated rings. The van der Waals surface area contributed by atoms with E-state index in [1.54, 1.807) is 6.07 Å². The molecule has 7 nitrogen and oxygen atoms in total. The Kier molecular flexibility index (Phi) is 9.72. The lowest BCUT2D eigenvalue weighted by atomic mass is 10.0. The zero-order valence-corrected chi connectivity index (χ0v) is 18.4. The molecule has 0 bridgehead atoms. The zero-order chi connectivity index (χ0) is 19.9. The van der Waals surface area contributed by atoms with E-state index in [0.717, 1.165) is 17.8 Å². The molecule has 10 heteroatoms. The van der Waals surface area contributed by atoms with Gasteiger partial charge in [0, 0.05) is 28.9 Å². The van der Waals surface area contributed by atoms with Gasteiger partial charge in [0.15, 0.2) is 0 Å². The van der Waals surface area contributed by atoms with Crippen molar-refractivity contribution in [2.75, 3.05) is 5.88 Å². The Labute approximate surface area is 164 Å². The number of nitro groups is 1. The Balaban J connectivity index is 2.94. The largest absolute Gasteiger partial charge is 0.341 e. The second-order valence-corrected chi connectivity index (χ2v) is 10.2. The van der Waals surface area contributed by atoms with E-state index in [9.17, 15) is 14.7 Å². The highest BCUT2D eigenvalue weighted by atomic mass is 35.5. The third-order valence-corrected chi connectivity index (χ3v) is 7.28. The number of thiophene rings is 1. The monoisotopic (exact) mass is 425 g/mol. The van der Waals surface area contributed by atoms with Gasteiger partial charge in [-0.1, -0.05) is 46.0 Å². The first-order chi connectivity index (χ1) is 12.1. The molecule has 0 radical (unpaired) electrons. The molecule has 2 N–H and O–H groups in total. The minimum Gasteiger partial charge on any atom is -0.300 e. The lowest BCUT2D eigenvalue weighted by Gasteiger charge is -2.31. The SMILES string of the molecule is CC[C@H](NP(=O)(N[C@@H](CCl)C(C)C)OCc1ccc([N+](=O)[O-])s1)C(C)C. The summed E-state index contributed by atoms with van der Waals surface area (Å²) in [5.74, 6) is 0.749. The third-order valence-electron chi connectivity index (χ3n) is 4.10. The summed E-state index contributed by atoms with van der Waals surface area (Å²) in [5, 5.41) is 17.0. The van der Waals surface area contributed by atoms with Gasteiger partial charge in [0.05, 0.1) is 11.5 Å². The maximum Gasteiger partial charge on any atom is 0.341 e. The van der Waals surface area contributed by atoms with E-state index in [1.807, 2.05) is 20.8 Å². The Bertz CT molecular complexity index is 604. The minimum absolute atomic E-state index is 0.00847. The van der Waals surface area contributed by atoms with Crippen LogP contribution in [0.4, 0.5) is 5.00 Å². The van der Waals surface area contributed by atoms with Crippen LogP contribution in [0.3, 0.4) is 0 Å². The van der Waals surface area contributed by atoms with Gasteiger partial charge in [-0.05, 0) is 24.3 Å². The van der Waals surface area contributed by atoms with Gasteiger partial charge in [-0.3, -0.25) is 14.7 Å². The molecule has 0 amide bonds. The molecule has 26 heavy (non-hydrogen) atoms. The highest BCUT2D eigenvalue weighted by Gasteiger charge is 2.32. The molecule has 1 aromatic heterocycles. The average molecular weight is 426 g/mol. The van der Waals surface area contributed by atoms with Crippen molar-refractivity contribution in [3.05, 3.63) is 27.1 Å². The highest BCUT2D eigenvalue weighted by Crippen LogP contribution is 2.42. The number of alkyl halides is 1. The zero-order valence-electron chi connectivity index (χ0n) is 15.9. The number of rotatable bonds is 12. The Morgan fingerprint density at radius 1 is 1.23 bits per heavy atom. The second kappa shape index (κ2) is 10.7. The molecule has 0 spiro atoms. The molecule has 0 aromatic carbocycles. The maximum absolute atomic E-state index is 13.4. The summed E-state index contributed by atoms with van der Waals surface area (Å²) in [4.78, 5) is 11.0. The first-order valence-corrected chi connectivity index (χ1v) is 11.7. The van der Waals surface area contributed by atoms with Crippen LogP contribution in [0.1, 0.15) is 45.9 Å². The number of nitrogens with one attached hydrogen (secondary N) is 2. The Hall–Kier alpha value is -0.500. The van der Waals surface area contributed by atoms with E-state index in [1.165, 1.54) is 6.07 Å². The van der Waals surface area contributed by atoms with E-state index >= 15 is 0 Å². The van der Waals surface area contributed by atoms with Crippen LogP contribution in [0, 0.1) is 22.0 Å². The van der Waals surface area contributed by atoms with Gasteiger partial charge in [-0.25, -0.2) is 10.2 Å². The molecule has 0 aliphatic carbocycles. The molecule has 1 aromatic rings. The summed E-state index contributed by atoms with van der Waals surface area (Å²) in [6.45, 7) is 10.1. The molecule has 1 heterocycles. The van der Waals surface area contributed by atoms with Crippen LogP contribution in [-0.2, 0) is 15.7 Å². The van der Waals surface area contributed by atoms with Crippen LogP contribution in [0.15, 0.2) is 12.1 Å². The lowest BCUT2D eigenvalue weighted by Crippen LogP contribution is -2.41. The third kappa shape index (κ3) is 7.25. The summed E-state index contributed by atoms with van der Waals surface area (Å²) in [5.41, 5.74) is 0. The van der Waals surface area contributed by atoms with Crippen LogP contribution in [0.25, 0.3) is 0 Å². The molecular formula is C16H29ClN3O4PS.